The van der Waals surface area contributed by atoms with Gasteiger partial charge in [0.05, 0.1) is 52.1 Å². The number of alkyl halides is 6. The second kappa shape index (κ2) is 16.9. The second-order valence-electron chi connectivity index (χ2n) is 14.1. The van der Waals surface area contributed by atoms with Gasteiger partial charge < -0.3 is 5.73 Å². The number of fused-ring (bicyclic) bond motifs is 2. The van der Waals surface area contributed by atoms with Crippen molar-refractivity contribution in [3.05, 3.63) is 152 Å². The Labute approximate surface area is 318 Å². The van der Waals surface area contributed by atoms with Crippen LogP contribution in [0.15, 0.2) is 107 Å². The molecule has 2 aromatic heterocycles. The lowest BCUT2D eigenvalue weighted by molar-refractivity contribution is -0.138. The number of aromatic nitrogens is 4. The van der Waals surface area contributed by atoms with Gasteiger partial charge in [0.1, 0.15) is 17.6 Å². The Kier molecular flexibility index (Phi) is 12.5. The minimum Gasteiger partial charge on any atom is -0.330 e. The van der Waals surface area contributed by atoms with Gasteiger partial charge >= 0.3 is 12.4 Å². The summed E-state index contributed by atoms with van der Waals surface area (Å²) in [6.07, 6.45) is -9.04. The fourth-order valence-electron chi connectivity index (χ4n) is 6.37. The van der Waals surface area contributed by atoms with Crippen molar-refractivity contribution < 1.29 is 26.3 Å². The number of nitriles is 1. The third-order valence-corrected chi connectivity index (χ3v) is 9.47. The van der Waals surface area contributed by atoms with Crippen molar-refractivity contribution in [3.8, 4) is 6.07 Å². The molecule has 6 aromatic rings. The van der Waals surface area contributed by atoms with Crippen LogP contribution in [0.4, 0.5) is 26.3 Å². The average molecular weight is 775 g/mol. The zero-order valence-electron chi connectivity index (χ0n) is 31.1. The van der Waals surface area contributed by atoms with E-state index in [0.29, 0.717) is 5.82 Å². The summed E-state index contributed by atoms with van der Waals surface area (Å²) in [6.45, 7) is 8.22. The zero-order valence-corrected chi connectivity index (χ0v) is 31.1. The molecule has 56 heavy (non-hydrogen) atoms. The highest BCUT2D eigenvalue weighted by atomic mass is 19.4. The van der Waals surface area contributed by atoms with E-state index in [1.807, 2.05) is 88.4 Å². The van der Waals surface area contributed by atoms with Crippen LogP contribution in [0.2, 0.25) is 0 Å². The molecule has 0 aliphatic rings. The standard InChI is InChI=1S/C21H22F3N3O.C21H18F3N3O/c2*1-13(2)17(11-25)19-26-18-10-15(21(22,23)24)8-9-16(18)20(28)27(19)12-14-6-4-3-5-7-14/h3-10,13,17H,11-12,25H2,1-2H3;3-10,13,17H,12H2,1-2H3. The highest BCUT2D eigenvalue weighted by Gasteiger charge is 2.33. The maximum absolute atomic E-state index is 13.2. The molecule has 8 nitrogen and oxygen atoms in total. The number of nitrogens with zero attached hydrogens (tertiary/aromatic N) is 5. The van der Waals surface area contributed by atoms with Crippen molar-refractivity contribution in [2.45, 2.75) is 65.0 Å². The van der Waals surface area contributed by atoms with Crippen LogP contribution in [-0.2, 0) is 25.4 Å². The first kappa shape index (κ1) is 41.4. The van der Waals surface area contributed by atoms with E-state index in [0.717, 1.165) is 41.5 Å². The lowest BCUT2D eigenvalue weighted by Gasteiger charge is -2.23. The molecule has 0 spiro atoms. The largest absolute Gasteiger partial charge is 0.416 e. The van der Waals surface area contributed by atoms with E-state index in [4.69, 9.17) is 5.73 Å². The van der Waals surface area contributed by atoms with Gasteiger partial charge in [0.25, 0.3) is 11.1 Å². The molecule has 2 N–H and O–H groups in total. The fourth-order valence-corrected chi connectivity index (χ4v) is 6.37. The predicted molar refractivity (Wildman–Crippen MR) is 203 cm³/mol. The van der Waals surface area contributed by atoms with Crippen molar-refractivity contribution in [3.63, 3.8) is 0 Å². The second-order valence-corrected chi connectivity index (χ2v) is 14.1. The number of hydrogen-bond donors (Lipinski definition) is 1. The molecule has 4 aromatic carbocycles. The van der Waals surface area contributed by atoms with Gasteiger partial charge in [-0.1, -0.05) is 88.4 Å². The van der Waals surface area contributed by atoms with E-state index in [1.165, 1.54) is 15.2 Å². The summed E-state index contributed by atoms with van der Waals surface area (Å²) in [4.78, 5) is 35.1. The molecule has 0 aliphatic carbocycles. The van der Waals surface area contributed by atoms with Crippen LogP contribution in [0.3, 0.4) is 0 Å². The van der Waals surface area contributed by atoms with Crippen molar-refractivity contribution in [1.29, 1.82) is 5.26 Å². The fraction of sp³-hybridized carbons (Fsp3) is 0.310. The molecule has 14 heteroatoms. The Hall–Kier alpha value is -5.81. The summed E-state index contributed by atoms with van der Waals surface area (Å²) >= 11 is 0. The van der Waals surface area contributed by atoms with E-state index in [1.54, 1.807) is 0 Å². The minimum absolute atomic E-state index is 0.0400. The molecule has 6 rings (SSSR count). The highest BCUT2D eigenvalue weighted by molar-refractivity contribution is 5.79. The van der Waals surface area contributed by atoms with Crippen LogP contribution in [0.25, 0.3) is 21.8 Å². The van der Waals surface area contributed by atoms with Crippen LogP contribution in [0, 0.1) is 23.2 Å². The van der Waals surface area contributed by atoms with Gasteiger partial charge in [0.2, 0.25) is 0 Å². The smallest absolute Gasteiger partial charge is 0.330 e. The number of benzene rings is 4. The van der Waals surface area contributed by atoms with Crippen molar-refractivity contribution in [2.24, 2.45) is 17.6 Å². The van der Waals surface area contributed by atoms with Crippen LogP contribution in [0.5, 0.6) is 0 Å². The first-order chi connectivity index (χ1) is 26.4. The Morgan fingerprint density at radius 2 is 1.05 bits per heavy atom. The van der Waals surface area contributed by atoms with Crippen molar-refractivity contribution in [2.75, 3.05) is 6.54 Å². The maximum atomic E-state index is 13.2. The molecule has 0 saturated carbocycles. The normalized spacial score (nSPS) is 13.1. The Morgan fingerprint density at radius 1 is 0.643 bits per heavy atom. The maximum Gasteiger partial charge on any atom is 0.416 e. The minimum atomic E-state index is -4.54. The van der Waals surface area contributed by atoms with Gasteiger partial charge in [-0.2, -0.15) is 31.6 Å². The van der Waals surface area contributed by atoms with Crippen LogP contribution < -0.4 is 16.9 Å². The quantitative estimate of drug-likeness (QED) is 0.147. The molecule has 0 amide bonds. The van der Waals surface area contributed by atoms with Gasteiger partial charge in [-0.3, -0.25) is 18.7 Å². The number of rotatable bonds is 9. The Bertz CT molecular complexity index is 2470. The van der Waals surface area contributed by atoms with Crippen molar-refractivity contribution in [1.82, 2.24) is 19.1 Å². The highest BCUT2D eigenvalue weighted by Crippen LogP contribution is 2.33. The first-order valence-corrected chi connectivity index (χ1v) is 17.9. The van der Waals surface area contributed by atoms with E-state index >= 15 is 0 Å². The summed E-state index contributed by atoms with van der Waals surface area (Å²) in [7, 11) is 0. The van der Waals surface area contributed by atoms with Gasteiger partial charge in [-0.05, 0) is 59.4 Å². The predicted octanol–water partition coefficient (Wildman–Crippen LogP) is 8.89. The Morgan fingerprint density at radius 3 is 1.41 bits per heavy atom. The third kappa shape index (κ3) is 9.17. The summed E-state index contributed by atoms with van der Waals surface area (Å²) in [5.74, 6) is -0.480. The molecule has 0 bridgehead atoms. The van der Waals surface area contributed by atoms with Gasteiger partial charge in [-0.15, -0.1) is 0 Å². The van der Waals surface area contributed by atoms with E-state index in [9.17, 15) is 41.2 Å². The van der Waals surface area contributed by atoms with E-state index in [-0.39, 0.29) is 70.6 Å². The molecule has 0 aliphatic heterocycles. The SMILES string of the molecule is CC(C)C(C#N)c1nc2cc(C(F)(F)F)ccc2c(=O)n1Cc1ccccc1.CC(C)C(CN)c1nc2cc(C(F)(F)F)ccc2c(=O)n1Cc1ccccc1. The number of nitrogens with two attached hydrogens (primary N) is 1. The molecular formula is C42H40F6N6O2. The van der Waals surface area contributed by atoms with E-state index < -0.39 is 35.0 Å². The molecule has 2 atom stereocenters. The van der Waals surface area contributed by atoms with Crippen LogP contribution >= 0.6 is 0 Å². The van der Waals surface area contributed by atoms with Crippen molar-refractivity contribution >= 4 is 21.8 Å². The zero-order chi connectivity index (χ0) is 40.9. The van der Waals surface area contributed by atoms with Crippen LogP contribution in [0.1, 0.15) is 73.4 Å². The molecule has 0 saturated heterocycles. The Balaban J connectivity index is 0.000000214. The molecule has 0 radical (unpaired) electrons. The van der Waals surface area contributed by atoms with Gasteiger partial charge in [0, 0.05) is 12.5 Å². The number of hydrogen-bond acceptors (Lipinski definition) is 6. The topological polar surface area (TPSA) is 120 Å². The summed E-state index contributed by atoms with van der Waals surface area (Å²) in [5, 5.41) is 9.85. The molecule has 2 heterocycles. The third-order valence-electron chi connectivity index (χ3n) is 9.47. The van der Waals surface area contributed by atoms with E-state index in [2.05, 4.69) is 16.0 Å². The average Bonchev–Trinajstić information content (AvgIpc) is 3.15. The lowest BCUT2D eigenvalue weighted by atomic mass is 9.94. The summed E-state index contributed by atoms with van der Waals surface area (Å²) in [6, 6.07) is 26.6. The number of halogens is 6. The lowest BCUT2D eigenvalue weighted by Crippen LogP contribution is -2.31. The first-order valence-electron chi connectivity index (χ1n) is 17.9. The van der Waals surface area contributed by atoms with Gasteiger partial charge in [0.15, 0.2) is 0 Å². The van der Waals surface area contributed by atoms with Gasteiger partial charge in [-0.25, -0.2) is 9.97 Å². The molecule has 2 unspecified atom stereocenters. The summed E-state index contributed by atoms with van der Waals surface area (Å²) < 4.78 is 81.5. The molecular weight excluding hydrogens is 734 g/mol. The summed E-state index contributed by atoms with van der Waals surface area (Å²) in [5.41, 5.74) is 5.12. The molecule has 292 valence electrons. The monoisotopic (exact) mass is 774 g/mol. The molecule has 0 fully saturated rings. The van der Waals surface area contributed by atoms with Crippen LogP contribution in [-0.4, -0.2) is 25.6 Å².